The summed E-state index contributed by atoms with van der Waals surface area (Å²) in [5.74, 6) is 1.71. The third kappa shape index (κ3) is 3.69. The summed E-state index contributed by atoms with van der Waals surface area (Å²) >= 11 is 0. The van der Waals surface area contributed by atoms with Crippen LogP contribution in [-0.4, -0.2) is 5.78 Å². The van der Waals surface area contributed by atoms with Crippen molar-refractivity contribution in [1.82, 2.24) is 0 Å². The third-order valence-electron chi connectivity index (χ3n) is 4.31. The van der Waals surface area contributed by atoms with Crippen molar-refractivity contribution in [2.45, 2.75) is 51.9 Å². The second-order valence-electron chi connectivity index (χ2n) is 5.59. The van der Waals surface area contributed by atoms with Crippen LogP contribution in [0.15, 0.2) is 30.3 Å². The second kappa shape index (κ2) is 6.72. The van der Waals surface area contributed by atoms with Crippen LogP contribution in [0.5, 0.6) is 0 Å². The van der Waals surface area contributed by atoms with E-state index in [0.717, 1.165) is 38.0 Å². The molecule has 0 amide bonds. The summed E-state index contributed by atoms with van der Waals surface area (Å²) < 4.78 is 0. The third-order valence-corrected chi connectivity index (χ3v) is 4.31. The van der Waals surface area contributed by atoms with Gasteiger partial charge in [-0.05, 0) is 43.6 Å². The van der Waals surface area contributed by atoms with Crippen LogP contribution in [0, 0.1) is 11.8 Å². The van der Waals surface area contributed by atoms with Crippen molar-refractivity contribution in [1.29, 1.82) is 0 Å². The van der Waals surface area contributed by atoms with Crippen molar-refractivity contribution < 1.29 is 4.79 Å². The van der Waals surface area contributed by atoms with E-state index < -0.39 is 0 Å². The van der Waals surface area contributed by atoms with Gasteiger partial charge in [0, 0.05) is 12.3 Å². The zero-order valence-electron chi connectivity index (χ0n) is 11.4. The predicted octanol–water partition coefficient (Wildman–Crippen LogP) is 4.40. The van der Waals surface area contributed by atoms with Crippen molar-refractivity contribution in [3.8, 4) is 0 Å². The number of carbonyl (C=O) groups excluding carboxylic acids is 1. The number of carbonyl (C=O) groups is 1. The van der Waals surface area contributed by atoms with E-state index in [-0.39, 0.29) is 0 Å². The lowest BCUT2D eigenvalue weighted by Gasteiger charge is -2.09. The average Bonchev–Trinajstić information content (AvgIpc) is 2.89. The molecule has 0 saturated heterocycles. The lowest BCUT2D eigenvalue weighted by molar-refractivity contribution is -0.122. The maximum atomic E-state index is 12.1. The highest BCUT2D eigenvalue weighted by atomic mass is 16.1. The Balaban J connectivity index is 1.69. The van der Waals surface area contributed by atoms with E-state index in [2.05, 4.69) is 31.2 Å². The Hall–Kier alpha value is -1.11. The van der Waals surface area contributed by atoms with E-state index >= 15 is 0 Å². The molecular weight excluding hydrogens is 220 g/mol. The molecule has 1 saturated carbocycles. The molecule has 0 N–H and O–H groups in total. The maximum Gasteiger partial charge on any atom is 0.135 e. The van der Waals surface area contributed by atoms with Crippen LogP contribution in [0.25, 0.3) is 0 Å². The van der Waals surface area contributed by atoms with E-state index in [0.29, 0.717) is 11.7 Å². The molecule has 0 bridgehead atoms. The van der Waals surface area contributed by atoms with Gasteiger partial charge in [0.2, 0.25) is 0 Å². The quantitative estimate of drug-likeness (QED) is 0.724. The first kappa shape index (κ1) is 13.3. The molecule has 1 heteroatoms. The van der Waals surface area contributed by atoms with Gasteiger partial charge in [0.15, 0.2) is 0 Å². The highest BCUT2D eigenvalue weighted by molar-refractivity contribution is 5.81. The summed E-state index contributed by atoms with van der Waals surface area (Å²) in [6, 6.07) is 10.5. The molecule has 1 aliphatic rings. The molecule has 98 valence electrons. The molecule has 0 heterocycles. The van der Waals surface area contributed by atoms with Gasteiger partial charge in [-0.3, -0.25) is 4.79 Å². The Morgan fingerprint density at radius 2 is 2.00 bits per heavy atom. The van der Waals surface area contributed by atoms with Crippen molar-refractivity contribution >= 4 is 5.78 Å². The summed E-state index contributed by atoms with van der Waals surface area (Å²) in [6.45, 7) is 2.24. The minimum absolute atomic E-state index is 0.380. The summed E-state index contributed by atoms with van der Waals surface area (Å²) in [5.41, 5.74) is 1.35. The lowest BCUT2D eigenvalue weighted by atomic mass is 9.95. The van der Waals surface area contributed by atoms with Gasteiger partial charge in [-0.1, -0.05) is 43.7 Å². The first-order valence-corrected chi connectivity index (χ1v) is 7.36. The molecule has 0 aliphatic heterocycles. The largest absolute Gasteiger partial charge is 0.299 e. The van der Waals surface area contributed by atoms with Crippen LogP contribution < -0.4 is 0 Å². The second-order valence-corrected chi connectivity index (χ2v) is 5.59. The summed E-state index contributed by atoms with van der Waals surface area (Å²) in [7, 11) is 0. The van der Waals surface area contributed by atoms with Crippen molar-refractivity contribution in [2.75, 3.05) is 0 Å². The van der Waals surface area contributed by atoms with E-state index in [4.69, 9.17) is 0 Å². The average molecular weight is 244 g/mol. The molecule has 18 heavy (non-hydrogen) atoms. The number of hydrogen-bond acceptors (Lipinski definition) is 1. The van der Waals surface area contributed by atoms with E-state index in [1.54, 1.807) is 0 Å². The molecule has 1 aliphatic carbocycles. The summed E-state index contributed by atoms with van der Waals surface area (Å²) in [5, 5.41) is 0. The summed E-state index contributed by atoms with van der Waals surface area (Å²) in [4.78, 5) is 12.1. The molecule has 2 unspecified atom stereocenters. The Bertz CT molecular complexity index is 368. The van der Waals surface area contributed by atoms with Crippen molar-refractivity contribution in [2.24, 2.45) is 11.8 Å². The molecule has 1 aromatic carbocycles. The van der Waals surface area contributed by atoms with Gasteiger partial charge in [-0.15, -0.1) is 0 Å². The zero-order valence-corrected chi connectivity index (χ0v) is 11.4. The van der Waals surface area contributed by atoms with Gasteiger partial charge >= 0.3 is 0 Å². The molecular formula is C17H24O. The van der Waals surface area contributed by atoms with Crippen LogP contribution in [-0.2, 0) is 11.2 Å². The smallest absolute Gasteiger partial charge is 0.135 e. The maximum absolute atomic E-state index is 12.1. The Morgan fingerprint density at radius 3 is 2.67 bits per heavy atom. The zero-order chi connectivity index (χ0) is 12.8. The molecule has 0 aromatic heterocycles. The standard InChI is InChI=1S/C17H24O/c1-2-14-11-12-16(13-14)17(18)10-6-9-15-7-4-3-5-8-15/h3-5,7-8,14,16H,2,6,9-13H2,1H3. The molecule has 2 atom stereocenters. The lowest BCUT2D eigenvalue weighted by Crippen LogP contribution is -2.11. The van der Waals surface area contributed by atoms with Crippen LogP contribution >= 0.6 is 0 Å². The van der Waals surface area contributed by atoms with Crippen LogP contribution in [0.1, 0.15) is 51.0 Å². The fourth-order valence-electron chi connectivity index (χ4n) is 3.05. The van der Waals surface area contributed by atoms with Crippen LogP contribution in [0.3, 0.4) is 0 Å². The van der Waals surface area contributed by atoms with Crippen LogP contribution in [0.2, 0.25) is 0 Å². The van der Waals surface area contributed by atoms with Gasteiger partial charge in [-0.2, -0.15) is 0 Å². The fraction of sp³-hybridized carbons (Fsp3) is 0.588. The minimum Gasteiger partial charge on any atom is -0.299 e. The molecule has 0 radical (unpaired) electrons. The highest BCUT2D eigenvalue weighted by Gasteiger charge is 2.27. The van der Waals surface area contributed by atoms with Gasteiger partial charge in [0.25, 0.3) is 0 Å². The molecule has 0 spiro atoms. The number of aryl methyl sites for hydroxylation is 1. The minimum atomic E-state index is 0.380. The topological polar surface area (TPSA) is 17.1 Å². The fourth-order valence-corrected chi connectivity index (χ4v) is 3.05. The van der Waals surface area contributed by atoms with E-state index in [1.165, 1.54) is 18.4 Å². The Kier molecular flexibility index (Phi) is 4.98. The van der Waals surface area contributed by atoms with Crippen molar-refractivity contribution in [3.05, 3.63) is 35.9 Å². The number of ketones is 1. The predicted molar refractivity (Wildman–Crippen MR) is 75.5 cm³/mol. The van der Waals surface area contributed by atoms with Gasteiger partial charge in [0.1, 0.15) is 5.78 Å². The molecule has 1 nitrogen and oxygen atoms in total. The molecule has 2 rings (SSSR count). The van der Waals surface area contributed by atoms with Crippen LogP contribution in [0.4, 0.5) is 0 Å². The molecule has 1 aromatic rings. The van der Waals surface area contributed by atoms with Gasteiger partial charge in [-0.25, -0.2) is 0 Å². The van der Waals surface area contributed by atoms with Gasteiger partial charge in [0.05, 0.1) is 0 Å². The van der Waals surface area contributed by atoms with Crippen molar-refractivity contribution in [3.63, 3.8) is 0 Å². The highest BCUT2D eigenvalue weighted by Crippen LogP contribution is 2.34. The number of hydrogen-bond donors (Lipinski definition) is 0. The number of rotatable bonds is 6. The van der Waals surface area contributed by atoms with E-state index in [1.807, 2.05) is 6.07 Å². The SMILES string of the molecule is CCC1CCC(C(=O)CCCc2ccccc2)C1. The first-order chi connectivity index (χ1) is 8.79. The normalized spacial score (nSPS) is 23.2. The van der Waals surface area contributed by atoms with E-state index in [9.17, 15) is 4.79 Å². The Morgan fingerprint density at radius 1 is 1.22 bits per heavy atom. The summed E-state index contributed by atoms with van der Waals surface area (Å²) in [6.07, 6.45) is 7.63. The number of Topliss-reactive ketones (excluding diaryl/α,β-unsaturated/α-hetero) is 1. The number of benzene rings is 1. The molecule has 1 fully saturated rings. The van der Waals surface area contributed by atoms with Gasteiger partial charge < -0.3 is 0 Å². The Labute approximate surface area is 111 Å². The first-order valence-electron chi connectivity index (χ1n) is 7.36. The monoisotopic (exact) mass is 244 g/mol.